The SMILES string of the molecule is CN(C)c1ccc(C(=O)N2CC(CO)C3(CCN(c4ccc(C#N)c(C(F)(F)F)c4)CC3)C2)cc1. The van der Waals surface area contributed by atoms with E-state index in [0.717, 1.165) is 11.8 Å². The second kappa shape index (κ2) is 9.42. The number of aliphatic hydroxyl groups is 1. The molecule has 1 unspecified atom stereocenters. The molecule has 1 atom stereocenters. The van der Waals surface area contributed by atoms with Crippen LogP contribution in [0, 0.1) is 22.7 Å². The number of carbonyl (C=O) groups excluding carboxylic acids is 1. The zero-order valence-corrected chi connectivity index (χ0v) is 19.8. The summed E-state index contributed by atoms with van der Waals surface area (Å²) in [5.74, 6) is -0.156. The molecule has 2 aliphatic heterocycles. The van der Waals surface area contributed by atoms with Crippen molar-refractivity contribution in [3.05, 3.63) is 59.2 Å². The second-order valence-electron chi connectivity index (χ2n) is 9.70. The molecule has 0 aliphatic carbocycles. The minimum atomic E-state index is -4.60. The van der Waals surface area contributed by atoms with Crippen LogP contribution >= 0.6 is 0 Å². The van der Waals surface area contributed by atoms with Crippen LogP contribution in [0.25, 0.3) is 0 Å². The van der Waals surface area contributed by atoms with Gasteiger partial charge in [-0.15, -0.1) is 0 Å². The Labute approximate surface area is 203 Å². The van der Waals surface area contributed by atoms with Crippen molar-refractivity contribution in [2.24, 2.45) is 11.3 Å². The Morgan fingerprint density at radius 3 is 2.37 bits per heavy atom. The highest BCUT2D eigenvalue weighted by molar-refractivity contribution is 5.94. The molecule has 2 heterocycles. The molecule has 1 N–H and O–H groups in total. The maximum absolute atomic E-state index is 13.4. The van der Waals surface area contributed by atoms with Crippen LogP contribution in [-0.4, -0.2) is 62.8 Å². The van der Waals surface area contributed by atoms with Gasteiger partial charge in [-0.3, -0.25) is 4.79 Å². The minimum absolute atomic E-state index is 0.0432. The first-order valence-electron chi connectivity index (χ1n) is 11.6. The zero-order chi connectivity index (χ0) is 25.4. The highest BCUT2D eigenvalue weighted by Crippen LogP contribution is 2.46. The monoisotopic (exact) mass is 486 g/mol. The molecule has 2 aliphatic rings. The van der Waals surface area contributed by atoms with E-state index in [1.165, 1.54) is 6.07 Å². The Morgan fingerprint density at radius 1 is 1.17 bits per heavy atom. The Balaban J connectivity index is 1.48. The van der Waals surface area contributed by atoms with Gasteiger partial charge in [0.2, 0.25) is 0 Å². The first-order valence-corrected chi connectivity index (χ1v) is 11.6. The lowest BCUT2D eigenvalue weighted by atomic mass is 9.71. The minimum Gasteiger partial charge on any atom is -0.396 e. The standard InChI is InChI=1S/C26H29F3N4O2/c1-31(2)21-6-3-18(4-7-21)24(35)33-15-20(16-34)25(17-33)9-11-32(12-10-25)22-8-5-19(14-30)23(13-22)26(27,28)29/h3-8,13,20,34H,9-12,15-17H2,1-2H3. The number of likely N-dealkylation sites (tertiary alicyclic amines) is 1. The molecule has 0 saturated carbocycles. The van der Waals surface area contributed by atoms with Crippen molar-refractivity contribution in [2.45, 2.75) is 19.0 Å². The summed E-state index contributed by atoms with van der Waals surface area (Å²) in [4.78, 5) is 18.8. The van der Waals surface area contributed by atoms with Crippen molar-refractivity contribution >= 4 is 17.3 Å². The summed E-state index contributed by atoms with van der Waals surface area (Å²) in [6, 6.07) is 12.8. The number of amides is 1. The van der Waals surface area contributed by atoms with E-state index in [9.17, 15) is 23.1 Å². The molecule has 2 aromatic carbocycles. The number of rotatable bonds is 4. The Morgan fingerprint density at radius 2 is 1.83 bits per heavy atom. The van der Waals surface area contributed by atoms with E-state index in [1.807, 2.05) is 48.2 Å². The molecule has 1 amide bonds. The van der Waals surface area contributed by atoms with Gasteiger partial charge < -0.3 is 19.8 Å². The van der Waals surface area contributed by atoms with Crippen molar-refractivity contribution in [2.75, 3.05) is 56.7 Å². The van der Waals surface area contributed by atoms with Gasteiger partial charge in [0, 0.05) is 69.7 Å². The number of benzene rings is 2. The van der Waals surface area contributed by atoms with Gasteiger partial charge in [-0.2, -0.15) is 18.4 Å². The van der Waals surface area contributed by atoms with Crippen LogP contribution in [0.15, 0.2) is 42.5 Å². The average molecular weight is 487 g/mol. The van der Waals surface area contributed by atoms with Gasteiger partial charge in [0.15, 0.2) is 0 Å². The van der Waals surface area contributed by atoms with Gasteiger partial charge in [-0.25, -0.2) is 0 Å². The fraction of sp³-hybridized carbons (Fsp3) is 0.462. The van der Waals surface area contributed by atoms with Crippen molar-refractivity contribution in [1.29, 1.82) is 5.26 Å². The van der Waals surface area contributed by atoms with Crippen molar-refractivity contribution in [3.8, 4) is 6.07 Å². The van der Waals surface area contributed by atoms with Crippen LogP contribution < -0.4 is 9.80 Å². The topological polar surface area (TPSA) is 70.8 Å². The van der Waals surface area contributed by atoms with Crippen LogP contribution in [-0.2, 0) is 6.18 Å². The van der Waals surface area contributed by atoms with E-state index >= 15 is 0 Å². The summed E-state index contributed by atoms with van der Waals surface area (Å²) in [5, 5.41) is 19.2. The van der Waals surface area contributed by atoms with Gasteiger partial charge >= 0.3 is 6.18 Å². The molecule has 6 nitrogen and oxygen atoms in total. The predicted molar refractivity (Wildman–Crippen MR) is 127 cm³/mol. The number of carbonyl (C=O) groups is 1. The molecule has 9 heteroatoms. The second-order valence-corrected chi connectivity index (χ2v) is 9.70. The van der Waals surface area contributed by atoms with Crippen LogP contribution in [0.3, 0.4) is 0 Å². The molecule has 4 rings (SSSR count). The highest BCUT2D eigenvalue weighted by atomic mass is 19.4. The Kier molecular flexibility index (Phi) is 6.69. The van der Waals surface area contributed by atoms with Crippen molar-refractivity contribution in [3.63, 3.8) is 0 Å². The largest absolute Gasteiger partial charge is 0.417 e. The quantitative estimate of drug-likeness (QED) is 0.708. The number of alkyl halides is 3. The number of halogens is 3. The number of hydrogen-bond acceptors (Lipinski definition) is 5. The molecule has 0 aromatic heterocycles. The van der Waals surface area contributed by atoms with Crippen LogP contribution in [0.4, 0.5) is 24.5 Å². The number of nitriles is 1. The van der Waals surface area contributed by atoms with E-state index in [1.54, 1.807) is 17.0 Å². The molecule has 35 heavy (non-hydrogen) atoms. The molecule has 0 radical (unpaired) electrons. The van der Waals surface area contributed by atoms with Gasteiger partial charge in [-0.1, -0.05) is 0 Å². The number of nitrogens with zero attached hydrogens (tertiary/aromatic N) is 4. The van der Waals surface area contributed by atoms with Crippen LogP contribution in [0.1, 0.15) is 34.3 Å². The van der Waals surface area contributed by atoms with E-state index in [-0.39, 0.29) is 23.8 Å². The van der Waals surface area contributed by atoms with Crippen molar-refractivity contribution in [1.82, 2.24) is 4.90 Å². The van der Waals surface area contributed by atoms with Gasteiger partial charge in [0.1, 0.15) is 0 Å². The summed E-state index contributed by atoms with van der Waals surface area (Å²) < 4.78 is 40.2. The third-order valence-corrected chi connectivity index (χ3v) is 7.50. The highest BCUT2D eigenvalue weighted by Gasteiger charge is 2.49. The number of hydrogen-bond donors (Lipinski definition) is 1. The maximum Gasteiger partial charge on any atom is 0.417 e. The molecule has 186 valence electrons. The van der Waals surface area contributed by atoms with Crippen molar-refractivity contribution < 1.29 is 23.1 Å². The fourth-order valence-corrected chi connectivity index (χ4v) is 5.36. The number of anilines is 2. The summed E-state index contributed by atoms with van der Waals surface area (Å²) in [5.41, 5.74) is 0.431. The lowest BCUT2D eigenvalue weighted by Crippen LogP contribution is -2.45. The van der Waals surface area contributed by atoms with E-state index < -0.39 is 17.3 Å². The average Bonchev–Trinajstić information content (AvgIpc) is 3.21. The Hall–Kier alpha value is -3.25. The third kappa shape index (κ3) is 4.80. The molecule has 0 bridgehead atoms. The van der Waals surface area contributed by atoms with Gasteiger partial charge in [-0.05, 0) is 60.7 Å². The summed E-state index contributed by atoms with van der Waals surface area (Å²) in [7, 11) is 3.86. The zero-order valence-electron chi connectivity index (χ0n) is 19.8. The molecule has 2 fully saturated rings. The summed E-state index contributed by atoms with van der Waals surface area (Å²) in [6.07, 6.45) is -3.29. The smallest absolute Gasteiger partial charge is 0.396 e. The lowest BCUT2D eigenvalue weighted by Gasteiger charge is -2.43. The maximum atomic E-state index is 13.4. The molecular formula is C26H29F3N4O2. The first kappa shape index (κ1) is 24.9. The predicted octanol–water partition coefficient (Wildman–Crippen LogP) is 3.99. The molecule has 1 spiro atoms. The van der Waals surface area contributed by atoms with E-state index in [0.29, 0.717) is 50.3 Å². The normalized spacial score (nSPS) is 19.6. The molecule has 2 saturated heterocycles. The lowest BCUT2D eigenvalue weighted by molar-refractivity contribution is -0.137. The summed E-state index contributed by atoms with van der Waals surface area (Å²) in [6.45, 7) is 1.96. The van der Waals surface area contributed by atoms with Gasteiger partial charge in [0.05, 0.1) is 17.2 Å². The van der Waals surface area contributed by atoms with Crippen LogP contribution in [0.5, 0.6) is 0 Å². The van der Waals surface area contributed by atoms with E-state index in [2.05, 4.69) is 0 Å². The van der Waals surface area contributed by atoms with Gasteiger partial charge in [0.25, 0.3) is 5.91 Å². The van der Waals surface area contributed by atoms with E-state index in [4.69, 9.17) is 5.26 Å². The first-order chi connectivity index (χ1) is 16.6. The molecular weight excluding hydrogens is 457 g/mol. The number of aliphatic hydroxyl groups excluding tert-OH is 1. The fourth-order valence-electron chi connectivity index (χ4n) is 5.36. The number of piperidine rings is 1. The summed E-state index contributed by atoms with van der Waals surface area (Å²) >= 11 is 0. The third-order valence-electron chi connectivity index (χ3n) is 7.50. The van der Waals surface area contributed by atoms with Crippen LogP contribution in [0.2, 0.25) is 0 Å². The molecule has 2 aromatic rings. The Bertz CT molecular complexity index is 1120.